The van der Waals surface area contributed by atoms with Crippen LogP contribution in [-0.2, 0) is 6.54 Å². The van der Waals surface area contributed by atoms with Crippen molar-refractivity contribution in [1.29, 1.82) is 0 Å². The molecule has 1 aromatic rings. The van der Waals surface area contributed by atoms with Gasteiger partial charge in [0.1, 0.15) is 0 Å². The molecule has 0 saturated carbocycles. The monoisotopic (exact) mass is 514 g/mol. The van der Waals surface area contributed by atoms with Gasteiger partial charge >= 0.3 is 0 Å². The second-order valence-corrected chi connectivity index (χ2v) is 8.46. The third-order valence-corrected chi connectivity index (χ3v) is 6.06. The SMILES string of the molecule is CCNC(=NCC1CN(C)CCN1C)NC1CC(C)N(Cc2ccccc2)C1.I. The van der Waals surface area contributed by atoms with E-state index in [1.165, 1.54) is 5.56 Å². The van der Waals surface area contributed by atoms with Gasteiger partial charge in [-0.3, -0.25) is 14.8 Å². The summed E-state index contributed by atoms with van der Waals surface area (Å²) in [5.74, 6) is 0.961. The Morgan fingerprint density at radius 2 is 1.90 bits per heavy atom. The topological polar surface area (TPSA) is 46.1 Å². The molecule has 3 rings (SSSR count). The smallest absolute Gasteiger partial charge is 0.191 e. The van der Waals surface area contributed by atoms with Crippen LogP contribution in [0, 0.1) is 0 Å². The van der Waals surface area contributed by atoms with Gasteiger partial charge in [-0.25, -0.2) is 0 Å². The van der Waals surface area contributed by atoms with Gasteiger partial charge in [-0.2, -0.15) is 0 Å². The quantitative estimate of drug-likeness (QED) is 0.346. The van der Waals surface area contributed by atoms with Crippen molar-refractivity contribution >= 4 is 29.9 Å². The molecule has 6 nitrogen and oxygen atoms in total. The zero-order valence-electron chi connectivity index (χ0n) is 18.5. The number of hydrogen-bond donors (Lipinski definition) is 2. The first-order valence-corrected chi connectivity index (χ1v) is 10.8. The third-order valence-electron chi connectivity index (χ3n) is 6.06. The molecule has 29 heavy (non-hydrogen) atoms. The second-order valence-electron chi connectivity index (χ2n) is 8.46. The van der Waals surface area contributed by atoms with Crippen molar-refractivity contribution in [2.24, 2.45) is 4.99 Å². The number of guanidine groups is 1. The molecule has 3 unspecified atom stereocenters. The molecular formula is C22H39IN6. The van der Waals surface area contributed by atoms with Gasteiger partial charge in [0.05, 0.1) is 6.54 Å². The summed E-state index contributed by atoms with van der Waals surface area (Å²) in [5.41, 5.74) is 1.39. The number of benzene rings is 1. The van der Waals surface area contributed by atoms with E-state index >= 15 is 0 Å². The molecular weight excluding hydrogens is 475 g/mol. The summed E-state index contributed by atoms with van der Waals surface area (Å²) in [6, 6.07) is 12.3. The van der Waals surface area contributed by atoms with Crippen LogP contribution in [0.3, 0.4) is 0 Å². The first-order chi connectivity index (χ1) is 13.5. The van der Waals surface area contributed by atoms with Gasteiger partial charge in [-0.15, -0.1) is 24.0 Å². The van der Waals surface area contributed by atoms with Crippen molar-refractivity contribution in [2.45, 2.75) is 44.9 Å². The van der Waals surface area contributed by atoms with Crippen LogP contribution < -0.4 is 10.6 Å². The Hall–Kier alpha value is -0.900. The van der Waals surface area contributed by atoms with Crippen molar-refractivity contribution in [2.75, 3.05) is 53.4 Å². The number of likely N-dealkylation sites (tertiary alicyclic amines) is 1. The highest BCUT2D eigenvalue weighted by Crippen LogP contribution is 2.20. The van der Waals surface area contributed by atoms with Gasteiger partial charge in [0.25, 0.3) is 0 Å². The summed E-state index contributed by atoms with van der Waals surface area (Å²) < 4.78 is 0. The largest absolute Gasteiger partial charge is 0.357 e. The fourth-order valence-electron chi connectivity index (χ4n) is 4.25. The number of halogens is 1. The van der Waals surface area contributed by atoms with Gasteiger partial charge in [0.15, 0.2) is 5.96 Å². The molecule has 0 radical (unpaired) electrons. The third kappa shape index (κ3) is 7.38. The number of nitrogens with zero attached hydrogens (tertiary/aromatic N) is 4. The summed E-state index contributed by atoms with van der Waals surface area (Å²) >= 11 is 0. The molecule has 2 saturated heterocycles. The van der Waals surface area contributed by atoms with Crippen LogP contribution in [0.15, 0.2) is 35.3 Å². The van der Waals surface area contributed by atoms with Crippen LogP contribution >= 0.6 is 24.0 Å². The highest BCUT2D eigenvalue weighted by Gasteiger charge is 2.29. The number of nitrogens with one attached hydrogen (secondary N) is 2. The van der Waals surface area contributed by atoms with Gasteiger partial charge in [-0.1, -0.05) is 30.3 Å². The molecule has 2 aliphatic rings. The molecule has 0 bridgehead atoms. The summed E-state index contributed by atoms with van der Waals surface area (Å²) in [7, 11) is 4.42. The normalized spacial score (nSPS) is 26.9. The van der Waals surface area contributed by atoms with Crippen molar-refractivity contribution < 1.29 is 0 Å². The lowest BCUT2D eigenvalue weighted by Crippen LogP contribution is -2.52. The Bertz CT molecular complexity index is 625. The fraction of sp³-hybridized carbons (Fsp3) is 0.682. The zero-order chi connectivity index (χ0) is 19.9. The van der Waals surface area contributed by atoms with Crippen molar-refractivity contribution in [3.63, 3.8) is 0 Å². The Balaban J connectivity index is 0.00000300. The highest BCUT2D eigenvalue weighted by atomic mass is 127. The number of aliphatic imine (C=N–C) groups is 1. The van der Waals surface area contributed by atoms with Crippen LogP contribution in [0.4, 0.5) is 0 Å². The van der Waals surface area contributed by atoms with Crippen molar-refractivity contribution in [3.05, 3.63) is 35.9 Å². The average Bonchev–Trinajstić information content (AvgIpc) is 3.02. The van der Waals surface area contributed by atoms with Crippen molar-refractivity contribution in [1.82, 2.24) is 25.3 Å². The van der Waals surface area contributed by atoms with Crippen LogP contribution in [0.2, 0.25) is 0 Å². The van der Waals surface area contributed by atoms with E-state index in [1.54, 1.807) is 0 Å². The van der Waals surface area contributed by atoms with Gasteiger partial charge in [0, 0.05) is 57.4 Å². The van der Waals surface area contributed by atoms with E-state index in [1.807, 2.05) is 0 Å². The van der Waals surface area contributed by atoms with Crippen molar-refractivity contribution in [3.8, 4) is 0 Å². The Morgan fingerprint density at radius 3 is 2.62 bits per heavy atom. The minimum atomic E-state index is 0. The maximum absolute atomic E-state index is 4.93. The molecule has 0 amide bonds. The van der Waals surface area contributed by atoms with E-state index in [0.717, 1.165) is 58.2 Å². The predicted molar refractivity (Wildman–Crippen MR) is 133 cm³/mol. The van der Waals surface area contributed by atoms with E-state index < -0.39 is 0 Å². The molecule has 3 atom stereocenters. The van der Waals surface area contributed by atoms with E-state index in [-0.39, 0.29) is 24.0 Å². The summed E-state index contributed by atoms with van der Waals surface area (Å²) in [6.45, 7) is 11.6. The molecule has 2 fully saturated rings. The lowest BCUT2D eigenvalue weighted by atomic mass is 10.2. The Kier molecular flexibility index (Phi) is 10.1. The first-order valence-electron chi connectivity index (χ1n) is 10.8. The highest BCUT2D eigenvalue weighted by molar-refractivity contribution is 14.0. The molecule has 0 aliphatic carbocycles. The van der Waals surface area contributed by atoms with E-state index in [4.69, 9.17) is 4.99 Å². The lowest BCUT2D eigenvalue weighted by Gasteiger charge is -2.37. The molecule has 0 spiro atoms. The van der Waals surface area contributed by atoms with Crippen LogP contribution in [0.5, 0.6) is 0 Å². The summed E-state index contributed by atoms with van der Waals surface area (Å²) in [5, 5.41) is 7.14. The predicted octanol–water partition coefficient (Wildman–Crippen LogP) is 2.07. The summed E-state index contributed by atoms with van der Waals surface area (Å²) in [4.78, 5) is 12.3. The van der Waals surface area contributed by atoms with Gasteiger partial charge < -0.3 is 15.5 Å². The lowest BCUT2D eigenvalue weighted by molar-refractivity contribution is 0.119. The number of rotatable bonds is 6. The Labute approximate surface area is 194 Å². The van der Waals surface area contributed by atoms with E-state index in [2.05, 4.69) is 83.6 Å². The fourth-order valence-corrected chi connectivity index (χ4v) is 4.25. The maximum Gasteiger partial charge on any atom is 0.191 e. The molecule has 164 valence electrons. The average molecular weight is 515 g/mol. The molecule has 1 aromatic carbocycles. The van der Waals surface area contributed by atoms with Crippen LogP contribution in [0.25, 0.3) is 0 Å². The van der Waals surface area contributed by atoms with Crippen LogP contribution in [0.1, 0.15) is 25.8 Å². The molecule has 2 N–H and O–H groups in total. The van der Waals surface area contributed by atoms with E-state index in [9.17, 15) is 0 Å². The maximum atomic E-state index is 4.93. The first kappa shape index (κ1) is 24.4. The van der Waals surface area contributed by atoms with Gasteiger partial charge in [-0.05, 0) is 39.9 Å². The standard InChI is InChI=1S/C22H38N6.HI/c1-5-23-22(24-14-21-17-26(3)11-12-27(21)4)25-20-13-18(2)28(16-20)15-19-9-7-6-8-10-19;/h6-10,18,20-21H,5,11-17H2,1-4H3,(H2,23,24,25);1H. The van der Waals surface area contributed by atoms with E-state index in [0.29, 0.717) is 18.1 Å². The summed E-state index contributed by atoms with van der Waals surface area (Å²) in [6.07, 6.45) is 1.16. The molecule has 2 heterocycles. The number of piperazine rings is 1. The number of likely N-dealkylation sites (N-methyl/N-ethyl adjacent to an activating group) is 2. The zero-order valence-corrected chi connectivity index (χ0v) is 20.8. The second kappa shape index (κ2) is 12.1. The molecule has 7 heteroatoms. The van der Waals surface area contributed by atoms with Gasteiger partial charge in [0.2, 0.25) is 0 Å². The van der Waals surface area contributed by atoms with Crippen LogP contribution in [-0.4, -0.2) is 92.1 Å². The minimum Gasteiger partial charge on any atom is -0.357 e. The number of hydrogen-bond acceptors (Lipinski definition) is 4. The molecule has 2 aliphatic heterocycles. The Morgan fingerprint density at radius 1 is 1.14 bits per heavy atom. The minimum absolute atomic E-state index is 0. The molecule has 0 aromatic heterocycles.